The minimum absolute atomic E-state index is 0.248. The molecule has 6 heteroatoms. The van der Waals surface area contributed by atoms with Crippen molar-refractivity contribution < 1.29 is 0 Å². The van der Waals surface area contributed by atoms with Gasteiger partial charge in [-0.25, -0.2) is 4.68 Å². The van der Waals surface area contributed by atoms with E-state index in [0.29, 0.717) is 0 Å². The highest BCUT2D eigenvalue weighted by Gasteiger charge is 2.06. The smallest absolute Gasteiger partial charge is 0.0960 e. The Kier molecular flexibility index (Phi) is 2.93. The van der Waals surface area contributed by atoms with Crippen LogP contribution in [-0.4, -0.2) is 20.0 Å². The summed E-state index contributed by atoms with van der Waals surface area (Å²) in [4.78, 5) is 5.44. The second kappa shape index (κ2) is 4.18. The van der Waals surface area contributed by atoms with Crippen LogP contribution in [0, 0.1) is 0 Å². The van der Waals surface area contributed by atoms with Gasteiger partial charge >= 0.3 is 0 Å². The van der Waals surface area contributed by atoms with Crippen LogP contribution in [-0.2, 0) is 6.54 Å². The maximum atomic E-state index is 4.05. The molecule has 74 valence electrons. The zero-order valence-corrected chi connectivity index (χ0v) is 9.99. The minimum Gasteiger partial charge on any atom is -0.253 e. The van der Waals surface area contributed by atoms with Gasteiger partial charge < -0.3 is 0 Å². The lowest BCUT2D eigenvalue weighted by Crippen LogP contribution is -1.98. The molecule has 0 spiro atoms. The van der Waals surface area contributed by atoms with Gasteiger partial charge in [-0.3, -0.25) is 4.98 Å². The molecule has 0 radical (unpaired) electrons. The SMILES string of the molecule is CC(Br)c1cn(Cc2cncs2)nn1. The fourth-order valence-electron chi connectivity index (χ4n) is 1.05. The van der Waals surface area contributed by atoms with E-state index >= 15 is 0 Å². The Morgan fingerprint density at radius 3 is 3.07 bits per heavy atom. The number of aromatic nitrogens is 4. The Labute approximate surface area is 94.1 Å². The average molecular weight is 273 g/mol. The summed E-state index contributed by atoms with van der Waals surface area (Å²) in [5.41, 5.74) is 2.77. The minimum atomic E-state index is 0.248. The highest BCUT2D eigenvalue weighted by Crippen LogP contribution is 2.18. The monoisotopic (exact) mass is 272 g/mol. The van der Waals surface area contributed by atoms with Crippen molar-refractivity contribution in [2.75, 3.05) is 0 Å². The molecule has 0 bridgehead atoms. The van der Waals surface area contributed by atoms with Gasteiger partial charge in [0.1, 0.15) is 0 Å². The number of hydrogen-bond donors (Lipinski definition) is 0. The number of thiazole rings is 1. The topological polar surface area (TPSA) is 43.6 Å². The molecule has 0 aliphatic carbocycles. The number of rotatable bonds is 3. The molecule has 0 N–H and O–H groups in total. The van der Waals surface area contributed by atoms with Crippen molar-refractivity contribution in [3.63, 3.8) is 0 Å². The van der Waals surface area contributed by atoms with Crippen molar-refractivity contribution in [2.45, 2.75) is 18.3 Å². The van der Waals surface area contributed by atoms with Gasteiger partial charge in [-0.15, -0.1) is 16.4 Å². The predicted molar refractivity (Wildman–Crippen MR) is 58.6 cm³/mol. The Morgan fingerprint density at radius 2 is 2.50 bits per heavy atom. The summed E-state index contributed by atoms with van der Waals surface area (Å²) < 4.78 is 1.82. The van der Waals surface area contributed by atoms with Crippen LogP contribution in [0.25, 0.3) is 0 Å². The molecule has 14 heavy (non-hydrogen) atoms. The molecule has 2 rings (SSSR count). The molecule has 0 aliphatic rings. The molecule has 0 fully saturated rings. The molecular weight excluding hydrogens is 264 g/mol. The van der Waals surface area contributed by atoms with Crippen molar-refractivity contribution in [2.24, 2.45) is 0 Å². The molecule has 1 unspecified atom stereocenters. The van der Waals surface area contributed by atoms with Crippen LogP contribution >= 0.6 is 27.3 Å². The molecule has 4 nitrogen and oxygen atoms in total. The third-order valence-electron chi connectivity index (χ3n) is 1.77. The fraction of sp³-hybridized carbons (Fsp3) is 0.375. The van der Waals surface area contributed by atoms with Crippen LogP contribution in [0.5, 0.6) is 0 Å². The molecular formula is C8H9BrN4S. The van der Waals surface area contributed by atoms with Crippen LogP contribution in [0.4, 0.5) is 0 Å². The maximum Gasteiger partial charge on any atom is 0.0960 e. The van der Waals surface area contributed by atoms with Crippen LogP contribution in [0.2, 0.25) is 0 Å². The second-order valence-corrected chi connectivity index (χ2v) is 5.27. The largest absolute Gasteiger partial charge is 0.253 e. The van der Waals surface area contributed by atoms with Crippen LogP contribution in [0.1, 0.15) is 22.3 Å². The quantitative estimate of drug-likeness (QED) is 0.805. The predicted octanol–water partition coefficient (Wildman–Crippen LogP) is 2.24. The fourth-order valence-corrected chi connectivity index (χ4v) is 1.85. The van der Waals surface area contributed by atoms with E-state index in [1.807, 2.05) is 29.5 Å². The summed E-state index contributed by atoms with van der Waals surface area (Å²) in [7, 11) is 0. The van der Waals surface area contributed by atoms with Gasteiger partial charge in [-0.05, 0) is 6.92 Å². The summed E-state index contributed by atoms with van der Waals surface area (Å²) in [6.45, 7) is 2.78. The molecule has 0 aliphatic heterocycles. The summed E-state index contributed by atoms with van der Waals surface area (Å²) >= 11 is 5.07. The summed E-state index contributed by atoms with van der Waals surface area (Å²) in [5, 5.41) is 8.07. The summed E-state index contributed by atoms with van der Waals surface area (Å²) in [6.07, 6.45) is 3.79. The van der Waals surface area contributed by atoms with Crippen molar-refractivity contribution in [1.82, 2.24) is 20.0 Å². The van der Waals surface area contributed by atoms with E-state index in [1.165, 1.54) is 4.88 Å². The number of halogens is 1. The van der Waals surface area contributed by atoms with E-state index in [4.69, 9.17) is 0 Å². The Morgan fingerprint density at radius 1 is 1.64 bits per heavy atom. The van der Waals surface area contributed by atoms with Crippen molar-refractivity contribution >= 4 is 27.3 Å². The van der Waals surface area contributed by atoms with E-state index in [-0.39, 0.29) is 4.83 Å². The summed E-state index contributed by atoms with van der Waals surface area (Å²) in [6, 6.07) is 0. The zero-order chi connectivity index (χ0) is 9.97. The van der Waals surface area contributed by atoms with E-state index in [1.54, 1.807) is 11.3 Å². The summed E-state index contributed by atoms with van der Waals surface area (Å²) in [5.74, 6) is 0. The lowest BCUT2D eigenvalue weighted by atomic mass is 10.4. The number of alkyl halides is 1. The Hall–Kier alpha value is -0.750. The lowest BCUT2D eigenvalue weighted by Gasteiger charge is -1.95. The Bertz CT molecular complexity index is 395. The van der Waals surface area contributed by atoms with Crippen molar-refractivity contribution in [1.29, 1.82) is 0 Å². The first-order valence-corrected chi connectivity index (χ1v) is 5.96. The first-order valence-electron chi connectivity index (χ1n) is 4.17. The van der Waals surface area contributed by atoms with Gasteiger partial charge in [0.15, 0.2) is 0 Å². The van der Waals surface area contributed by atoms with E-state index in [9.17, 15) is 0 Å². The van der Waals surface area contributed by atoms with Crippen LogP contribution in [0.15, 0.2) is 17.9 Å². The third-order valence-corrected chi connectivity index (χ3v) is 3.00. The van der Waals surface area contributed by atoms with Gasteiger partial charge in [0.05, 0.1) is 22.6 Å². The van der Waals surface area contributed by atoms with Crippen molar-refractivity contribution in [3.8, 4) is 0 Å². The second-order valence-electron chi connectivity index (χ2n) is 2.92. The maximum absolute atomic E-state index is 4.05. The van der Waals surface area contributed by atoms with Gasteiger partial charge in [0.2, 0.25) is 0 Å². The number of hydrogen-bond acceptors (Lipinski definition) is 4. The highest BCUT2D eigenvalue weighted by atomic mass is 79.9. The van der Waals surface area contributed by atoms with E-state index < -0.39 is 0 Å². The lowest BCUT2D eigenvalue weighted by molar-refractivity contribution is 0.654. The first kappa shape index (κ1) is 9.79. The van der Waals surface area contributed by atoms with E-state index in [2.05, 4.69) is 31.2 Å². The molecule has 0 amide bonds. The molecule has 2 aromatic rings. The molecule has 2 aromatic heterocycles. The van der Waals surface area contributed by atoms with Crippen molar-refractivity contribution in [3.05, 3.63) is 28.5 Å². The van der Waals surface area contributed by atoms with Crippen LogP contribution < -0.4 is 0 Å². The molecule has 0 saturated heterocycles. The molecule has 0 aromatic carbocycles. The standard InChI is InChI=1S/C8H9BrN4S/c1-6(9)8-4-13(12-11-8)3-7-2-10-5-14-7/h2,4-6H,3H2,1H3. The zero-order valence-electron chi connectivity index (χ0n) is 7.59. The van der Waals surface area contributed by atoms with Gasteiger partial charge in [0.25, 0.3) is 0 Å². The van der Waals surface area contributed by atoms with Gasteiger partial charge in [-0.2, -0.15) is 0 Å². The normalized spacial score (nSPS) is 13.0. The molecule has 2 heterocycles. The first-order chi connectivity index (χ1) is 6.75. The van der Waals surface area contributed by atoms with Gasteiger partial charge in [0, 0.05) is 17.3 Å². The highest BCUT2D eigenvalue weighted by molar-refractivity contribution is 9.09. The molecule has 0 saturated carbocycles. The third kappa shape index (κ3) is 2.19. The van der Waals surface area contributed by atoms with Gasteiger partial charge in [-0.1, -0.05) is 21.1 Å². The Balaban J connectivity index is 2.11. The van der Waals surface area contributed by atoms with E-state index in [0.717, 1.165) is 12.2 Å². The molecule has 1 atom stereocenters. The van der Waals surface area contributed by atoms with Crippen LogP contribution in [0.3, 0.4) is 0 Å². The number of nitrogens with zero attached hydrogens (tertiary/aromatic N) is 4. The average Bonchev–Trinajstić information content (AvgIpc) is 2.75.